The largest absolute Gasteiger partial charge is 0.344 e. The molecule has 0 saturated carbocycles. The molecule has 147 heavy (non-hydrogen) atoms. The lowest BCUT2D eigenvalue weighted by Crippen LogP contribution is -1.89. The van der Waals surface area contributed by atoms with E-state index in [0.29, 0.717) is 0 Å². The van der Waals surface area contributed by atoms with Crippen LogP contribution in [0.2, 0.25) is 0 Å². The lowest BCUT2D eigenvalue weighted by atomic mass is 9.99. The van der Waals surface area contributed by atoms with Gasteiger partial charge in [0.1, 0.15) is 0 Å². The van der Waals surface area contributed by atoms with Crippen LogP contribution in [0, 0.1) is 20.8 Å². The van der Waals surface area contributed by atoms with Crippen molar-refractivity contribution in [1.82, 2.24) is 27.4 Å². The summed E-state index contributed by atoms with van der Waals surface area (Å²) in [5.74, 6) is 0. The fraction of sp³-hybridized carbons (Fsp3) is 0.149. The normalized spacial score (nSPS) is 11.9. The second kappa shape index (κ2) is 37.4. The van der Waals surface area contributed by atoms with Crippen LogP contribution in [-0.2, 0) is 61.5 Å². The molecule has 0 saturated heterocycles. The van der Waals surface area contributed by atoms with E-state index in [1.807, 2.05) is 0 Å². The molecule has 0 fully saturated rings. The van der Waals surface area contributed by atoms with Crippen molar-refractivity contribution in [1.29, 1.82) is 0 Å². The van der Waals surface area contributed by atoms with Gasteiger partial charge in [0.05, 0.1) is 0 Å². The summed E-state index contributed by atoms with van der Waals surface area (Å²) in [4.78, 5) is 0. The van der Waals surface area contributed by atoms with Gasteiger partial charge in [-0.25, -0.2) is 0 Å². The Morgan fingerprint density at radius 3 is 0.544 bits per heavy atom. The predicted molar refractivity (Wildman–Crippen MR) is 643 cm³/mol. The van der Waals surface area contributed by atoms with E-state index in [1.54, 1.807) is 0 Å². The molecule has 30 rings (SSSR count). The van der Waals surface area contributed by atoms with Crippen molar-refractivity contribution in [2.24, 2.45) is 42.3 Å². The number of nitrogens with zero attached hydrogens (tertiary/aromatic N) is 6. The topological polar surface area (TPSA) is 29.6 Å². The van der Waals surface area contributed by atoms with Gasteiger partial charge < -0.3 is 27.4 Å². The van der Waals surface area contributed by atoms with Gasteiger partial charge in [-0.05, 0) is 361 Å². The number of unbranched alkanes of at least 4 members (excludes halogenated alkanes) is 3. The molecule has 714 valence electrons. The molecule has 0 N–H and O–H groups in total. The van der Waals surface area contributed by atoms with E-state index < -0.39 is 0 Å². The van der Waals surface area contributed by atoms with Crippen molar-refractivity contribution >= 4 is 260 Å². The van der Waals surface area contributed by atoms with Crippen molar-refractivity contribution < 1.29 is 0 Å². The van der Waals surface area contributed by atoms with Gasteiger partial charge in [0.25, 0.3) is 0 Å². The first-order chi connectivity index (χ1) is 71.9. The molecular weight excluding hydrogens is 1780 g/mol. The fourth-order valence-electron chi connectivity index (χ4n) is 24.5. The second-order valence-electron chi connectivity index (χ2n) is 41.6. The third kappa shape index (κ3) is 16.0. The monoisotopic (exact) mass is 1900 g/mol. The minimum atomic E-state index is 1.14. The van der Waals surface area contributed by atoms with Crippen LogP contribution in [0.4, 0.5) is 0 Å². The maximum Gasteiger partial charge on any atom is 0.0495 e. The van der Waals surface area contributed by atoms with E-state index in [-0.39, 0.29) is 0 Å². The lowest BCUT2D eigenvalue weighted by molar-refractivity contribution is 0.717. The molecule has 6 heterocycles. The minimum Gasteiger partial charge on any atom is -0.344 e. The van der Waals surface area contributed by atoms with E-state index in [9.17, 15) is 0 Å². The SMILES string of the molecule is CCCCCc1ccc2c3c4cc5ccccc5cc4ccc3n(C)c2c1.CCCCc1ccc2c3c4cc5ccccc5cc4ccc3n(C)c2c1.CCCc1ccc2c3c4cc5ccccc5cc4ccc3n(C)c2c1.Cc1ccc2c3c4cc5ccccc5cc4ccc3n(C)c2c1.Cc1ccc2c3c4cc5ccccc5cc4ccc3n(C)c2c1.Cc1ccc2c3c4cc5ccccc5cc4ccc3n(C)c2c1. The number of benzene rings is 24. The van der Waals surface area contributed by atoms with Crippen molar-refractivity contribution in [3.63, 3.8) is 0 Å². The van der Waals surface area contributed by atoms with Crippen LogP contribution in [-0.4, -0.2) is 27.4 Å². The Bertz CT molecular complexity index is 10100. The zero-order chi connectivity index (χ0) is 99.7. The van der Waals surface area contributed by atoms with Gasteiger partial charge in [0, 0.05) is 173 Å². The van der Waals surface area contributed by atoms with E-state index >= 15 is 0 Å². The van der Waals surface area contributed by atoms with E-state index in [0.717, 1.165) is 6.42 Å². The van der Waals surface area contributed by atoms with E-state index in [4.69, 9.17) is 0 Å². The Kier molecular flexibility index (Phi) is 23.3. The van der Waals surface area contributed by atoms with Crippen LogP contribution in [0.15, 0.2) is 400 Å². The Balaban J connectivity index is 0.0000000919. The molecule has 0 aliphatic heterocycles. The number of hydrogen-bond donors (Lipinski definition) is 0. The van der Waals surface area contributed by atoms with Gasteiger partial charge in [0.2, 0.25) is 0 Å². The van der Waals surface area contributed by atoms with Gasteiger partial charge >= 0.3 is 0 Å². The predicted octanol–water partition coefficient (Wildman–Crippen LogP) is 38.8. The highest BCUT2D eigenvalue weighted by molar-refractivity contribution is 6.29. The molecule has 0 bridgehead atoms. The molecule has 0 aliphatic rings. The minimum absolute atomic E-state index is 1.14. The van der Waals surface area contributed by atoms with Crippen LogP contribution in [0.5, 0.6) is 0 Å². The fourth-order valence-corrected chi connectivity index (χ4v) is 24.5. The molecule has 0 aliphatic carbocycles. The summed E-state index contributed by atoms with van der Waals surface area (Å²) in [5, 5.41) is 48.0. The summed E-state index contributed by atoms with van der Waals surface area (Å²) < 4.78 is 14.0. The molecule has 0 spiro atoms. The third-order valence-electron chi connectivity index (χ3n) is 32.2. The molecular formula is C141H120N6. The van der Waals surface area contributed by atoms with Crippen LogP contribution in [0.3, 0.4) is 0 Å². The van der Waals surface area contributed by atoms with Gasteiger partial charge in [-0.3, -0.25) is 0 Å². The summed E-state index contributed by atoms with van der Waals surface area (Å²) in [6.45, 7) is 13.2. The third-order valence-corrected chi connectivity index (χ3v) is 32.2. The number of aryl methyl sites for hydroxylation is 12. The maximum atomic E-state index is 2.40. The zero-order valence-corrected chi connectivity index (χ0v) is 86.2. The molecule has 6 aromatic heterocycles. The maximum absolute atomic E-state index is 2.40. The van der Waals surface area contributed by atoms with Gasteiger partial charge in [0.15, 0.2) is 0 Å². The number of rotatable bonds is 9. The molecule has 0 atom stereocenters. The average molecular weight is 1900 g/mol. The van der Waals surface area contributed by atoms with Crippen molar-refractivity contribution in [3.05, 3.63) is 434 Å². The molecule has 0 radical (unpaired) electrons. The second-order valence-corrected chi connectivity index (χ2v) is 41.6. The first-order valence-electron chi connectivity index (χ1n) is 52.8. The van der Waals surface area contributed by atoms with Crippen LogP contribution < -0.4 is 0 Å². The average Bonchev–Trinajstić information content (AvgIpc) is 1.62. The molecule has 6 nitrogen and oxygen atoms in total. The Morgan fingerprint density at radius 1 is 0.143 bits per heavy atom. The molecule has 6 heteroatoms. The van der Waals surface area contributed by atoms with Gasteiger partial charge in [-0.15, -0.1) is 0 Å². The molecule has 30 aromatic rings. The van der Waals surface area contributed by atoms with Crippen LogP contribution >= 0.6 is 0 Å². The van der Waals surface area contributed by atoms with Gasteiger partial charge in [-0.2, -0.15) is 0 Å². The highest BCUT2D eigenvalue weighted by atomic mass is 15.0. The number of aromatic nitrogens is 6. The quantitative estimate of drug-likeness (QED) is 0.102. The van der Waals surface area contributed by atoms with Crippen molar-refractivity contribution in [3.8, 4) is 0 Å². The molecule has 24 aromatic carbocycles. The number of fused-ring (bicyclic) bond motifs is 36. The Labute approximate surface area is 856 Å². The first kappa shape index (κ1) is 91.4. The van der Waals surface area contributed by atoms with E-state index in [2.05, 4.69) is 512 Å². The summed E-state index contributed by atoms with van der Waals surface area (Å²) in [7, 11) is 13.1. The van der Waals surface area contributed by atoms with Crippen LogP contribution in [0.25, 0.3) is 260 Å². The smallest absolute Gasteiger partial charge is 0.0495 e. The summed E-state index contributed by atoms with van der Waals surface area (Å²) in [5.41, 5.74) is 24.0. The highest BCUT2D eigenvalue weighted by Gasteiger charge is 2.22. The zero-order valence-electron chi connectivity index (χ0n) is 86.2. The lowest BCUT2D eigenvalue weighted by Gasteiger charge is -2.05. The summed E-state index contributed by atoms with van der Waals surface area (Å²) in [6.07, 6.45) is 11.0. The number of hydrogen-bond acceptors (Lipinski definition) is 0. The molecule has 0 unspecified atom stereocenters. The van der Waals surface area contributed by atoms with Gasteiger partial charge in [-0.1, -0.05) is 301 Å². The van der Waals surface area contributed by atoms with Crippen molar-refractivity contribution in [2.75, 3.05) is 0 Å². The molecule has 0 amide bonds. The highest BCUT2D eigenvalue weighted by Crippen LogP contribution is 2.46. The Hall–Kier alpha value is -16.8. The summed E-state index contributed by atoms with van der Waals surface area (Å²) >= 11 is 0. The summed E-state index contributed by atoms with van der Waals surface area (Å²) in [6, 6.07) is 148. The standard InChI is InChI=1S/C26H25N.C25H23N.C24H21N.3C22H17N/c1-3-4-5-8-18-11-13-22-25(15-18)27(2)24-14-12-21-16-19-9-6-7-10-20(19)17-23(21)26(22)24;1-3-4-7-17-10-12-21-24(14-17)26(2)23-13-11-20-15-18-8-5-6-9-19(18)16-22(20)25(21)23;1-3-6-16-9-11-20-23(13-16)25(2)22-12-10-19-14-17-7-4-5-8-18(17)15-21(19)24(20)22;3*1-14-7-9-18-21(11-14)23(2)20-10-8-17-12-15-5-3-4-6-16(15)13-19(17)22(18)20/h6-7,9-17H,3-5,8H2,1-2H3;5-6,8-16H,3-4,7H2,1-2H3;4-5,7-15H,3,6H2,1-2H3;3*3-13H,1-2H3. The Morgan fingerprint density at radius 2 is 0.333 bits per heavy atom. The van der Waals surface area contributed by atoms with E-state index in [1.165, 1.54) is 345 Å². The van der Waals surface area contributed by atoms with Crippen molar-refractivity contribution in [2.45, 2.75) is 99.3 Å². The first-order valence-corrected chi connectivity index (χ1v) is 52.8. The van der Waals surface area contributed by atoms with Crippen LogP contribution in [0.1, 0.15) is 92.7 Å².